The lowest BCUT2D eigenvalue weighted by Crippen LogP contribution is -2.53. The lowest BCUT2D eigenvalue weighted by Gasteiger charge is -2.47. The number of carbonyl (C=O) groups is 1. The van der Waals surface area contributed by atoms with E-state index < -0.39 is 0 Å². The van der Waals surface area contributed by atoms with Gasteiger partial charge in [0.05, 0.1) is 6.04 Å². The molecular weight excluding hydrogens is 380 g/mol. The summed E-state index contributed by atoms with van der Waals surface area (Å²) >= 11 is 0. The van der Waals surface area contributed by atoms with Gasteiger partial charge in [0.1, 0.15) is 0 Å². The van der Waals surface area contributed by atoms with Crippen LogP contribution in [0.2, 0.25) is 0 Å². The van der Waals surface area contributed by atoms with Gasteiger partial charge < -0.3 is 19.3 Å². The van der Waals surface area contributed by atoms with Crippen LogP contribution in [-0.4, -0.2) is 82.7 Å². The van der Waals surface area contributed by atoms with Gasteiger partial charge in [-0.3, -0.25) is 14.7 Å². The molecule has 1 N–H and O–H groups in total. The van der Waals surface area contributed by atoms with Crippen molar-refractivity contribution in [2.24, 2.45) is 5.92 Å². The molecule has 5 rings (SSSR count). The summed E-state index contributed by atoms with van der Waals surface area (Å²) in [6.07, 6.45) is 1.92. The highest BCUT2D eigenvalue weighted by Crippen LogP contribution is 2.41. The number of aromatic nitrogens is 3. The Hall–Kier alpha value is -2.45. The van der Waals surface area contributed by atoms with Crippen molar-refractivity contribution in [2.45, 2.75) is 31.3 Å². The number of aromatic amines is 1. The molecule has 160 valence electrons. The fourth-order valence-corrected chi connectivity index (χ4v) is 5.57. The van der Waals surface area contributed by atoms with E-state index in [2.05, 4.69) is 33.1 Å². The highest BCUT2D eigenvalue weighted by molar-refractivity contribution is 5.94. The lowest BCUT2D eigenvalue weighted by atomic mass is 9.78. The summed E-state index contributed by atoms with van der Waals surface area (Å²) in [7, 11) is 6.16. The van der Waals surface area contributed by atoms with E-state index in [0.717, 1.165) is 49.4 Å². The third kappa shape index (κ3) is 3.18. The summed E-state index contributed by atoms with van der Waals surface area (Å²) < 4.78 is 1.99. The molecule has 0 radical (unpaired) electrons. The monoisotopic (exact) mass is 410 g/mol. The van der Waals surface area contributed by atoms with Gasteiger partial charge in [-0.15, -0.1) is 0 Å². The Morgan fingerprint density at radius 3 is 2.93 bits per heavy atom. The minimum Gasteiger partial charge on any atom is -0.336 e. The molecule has 5 heterocycles. The van der Waals surface area contributed by atoms with Crippen molar-refractivity contribution in [3.05, 3.63) is 51.2 Å². The zero-order valence-corrected chi connectivity index (χ0v) is 18.0. The molecule has 3 aliphatic rings. The van der Waals surface area contributed by atoms with Crippen LogP contribution in [0.4, 0.5) is 0 Å². The molecule has 2 bridgehead atoms. The number of H-pyrrole nitrogens is 1. The Bertz CT molecular complexity index is 1020. The summed E-state index contributed by atoms with van der Waals surface area (Å²) in [6.45, 7) is 3.85. The Morgan fingerprint density at radius 2 is 2.13 bits per heavy atom. The van der Waals surface area contributed by atoms with Crippen molar-refractivity contribution in [3.8, 4) is 0 Å². The third-order valence-electron chi connectivity index (χ3n) is 6.96. The lowest BCUT2D eigenvalue weighted by molar-refractivity contribution is 0.0491. The largest absolute Gasteiger partial charge is 0.336 e. The van der Waals surface area contributed by atoms with Crippen LogP contribution in [0.3, 0.4) is 0 Å². The number of pyridine rings is 1. The summed E-state index contributed by atoms with van der Waals surface area (Å²) in [5.41, 5.74) is 3.85. The van der Waals surface area contributed by atoms with Gasteiger partial charge in [0.2, 0.25) is 0 Å². The van der Waals surface area contributed by atoms with E-state index in [1.54, 1.807) is 6.07 Å². The average Bonchev–Trinajstić information content (AvgIpc) is 3.13. The van der Waals surface area contributed by atoms with Gasteiger partial charge in [-0.1, -0.05) is 6.07 Å². The molecule has 0 aliphatic carbocycles. The van der Waals surface area contributed by atoms with Gasteiger partial charge in [-0.05, 0) is 39.5 Å². The van der Waals surface area contributed by atoms with Crippen LogP contribution >= 0.6 is 0 Å². The molecular formula is C22H30N6O2. The minimum absolute atomic E-state index is 0.0211. The summed E-state index contributed by atoms with van der Waals surface area (Å²) in [6, 6.07) is 5.64. The average molecular weight is 411 g/mol. The Balaban J connectivity index is 1.48. The minimum atomic E-state index is 0.0211. The topological polar surface area (TPSA) is 77.5 Å². The second-order valence-corrected chi connectivity index (χ2v) is 9.41. The standard InChI is InChI=1S/C22H30N6O2/c1-25(2)13-19-15-9-14(18-5-4-6-20(29)28(18)19)10-27(11-15)22(30)21-16-12-26(3)8-7-17(16)23-24-21/h4-6,14-15,19H,7-13H2,1-3H3,(H,23,24)/t14-,15+,19+/m1/s1. The van der Waals surface area contributed by atoms with Crippen LogP contribution in [0, 0.1) is 5.92 Å². The molecule has 8 nitrogen and oxygen atoms in total. The Kier molecular flexibility index (Phi) is 4.78. The number of hydrogen-bond donors (Lipinski definition) is 1. The number of carbonyl (C=O) groups excluding carboxylic acids is 1. The van der Waals surface area contributed by atoms with Crippen molar-refractivity contribution in [1.29, 1.82) is 0 Å². The molecule has 0 saturated carbocycles. The predicted molar refractivity (Wildman–Crippen MR) is 114 cm³/mol. The van der Waals surface area contributed by atoms with Gasteiger partial charge in [0.15, 0.2) is 5.69 Å². The molecule has 1 amide bonds. The molecule has 30 heavy (non-hydrogen) atoms. The second kappa shape index (κ2) is 7.35. The van der Waals surface area contributed by atoms with Crippen molar-refractivity contribution in [3.63, 3.8) is 0 Å². The molecule has 0 spiro atoms. The van der Waals surface area contributed by atoms with Crippen LogP contribution < -0.4 is 5.56 Å². The van der Waals surface area contributed by atoms with Crippen LogP contribution in [-0.2, 0) is 13.0 Å². The summed E-state index contributed by atoms with van der Waals surface area (Å²) in [4.78, 5) is 32.6. The molecule has 0 aromatic carbocycles. The fraction of sp³-hybridized carbons (Fsp3) is 0.591. The van der Waals surface area contributed by atoms with Crippen LogP contribution in [0.1, 0.15) is 45.8 Å². The second-order valence-electron chi connectivity index (χ2n) is 9.41. The number of rotatable bonds is 3. The van der Waals surface area contributed by atoms with Crippen LogP contribution in [0.25, 0.3) is 0 Å². The summed E-state index contributed by atoms with van der Waals surface area (Å²) in [5.74, 6) is 0.477. The molecule has 3 aliphatic heterocycles. The molecule has 1 fully saturated rings. The molecule has 2 aromatic heterocycles. The number of amides is 1. The number of piperidine rings is 1. The van der Waals surface area contributed by atoms with E-state index in [4.69, 9.17) is 0 Å². The smallest absolute Gasteiger partial charge is 0.274 e. The van der Waals surface area contributed by atoms with Gasteiger partial charge in [-0.2, -0.15) is 5.10 Å². The van der Waals surface area contributed by atoms with E-state index in [-0.39, 0.29) is 29.3 Å². The number of fused-ring (bicyclic) bond motifs is 5. The normalized spacial score (nSPS) is 25.9. The molecule has 8 heteroatoms. The number of likely N-dealkylation sites (N-methyl/N-ethyl adjacent to an activating group) is 2. The first kappa shape index (κ1) is 19.5. The Labute approximate surface area is 176 Å². The number of likely N-dealkylation sites (tertiary alicyclic amines) is 1. The maximum Gasteiger partial charge on any atom is 0.274 e. The van der Waals surface area contributed by atoms with Crippen molar-refractivity contribution >= 4 is 5.91 Å². The maximum absolute atomic E-state index is 13.5. The van der Waals surface area contributed by atoms with Crippen molar-refractivity contribution in [1.82, 2.24) is 29.5 Å². The summed E-state index contributed by atoms with van der Waals surface area (Å²) in [5, 5.41) is 7.52. The van der Waals surface area contributed by atoms with Gasteiger partial charge in [0, 0.05) is 68.1 Å². The first-order valence-electron chi connectivity index (χ1n) is 10.8. The van der Waals surface area contributed by atoms with Gasteiger partial charge >= 0.3 is 0 Å². The van der Waals surface area contributed by atoms with Crippen LogP contribution in [0.5, 0.6) is 0 Å². The molecule has 0 unspecified atom stereocenters. The molecule has 1 saturated heterocycles. The number of nitrogens with zero attached hydrogens (tertiary/aromatic N) is 5. The van der Waals surface area contributed by atoms with Crippen molar-refractivity contribution in [2.75, 3.05) is 47.3 Å². The van der Waals surface area contributed by atoms with E-state index >= 15 is 0 Å². The highest BCUT2D eigenvalue weighted by atomic mass is 16.2. The first-order chi connectivity index (χ1) is 14.4. The predicted octanol–water partition coefficient (Wildman–Crippen LogP) is 0.922. The van der Waals surface area contributed by atoms with E-state index in [9.17, 15) is 9.59 Å². The quantitative estimate of drug-likeness (QED) is 0.814. The van der Waals surface area contributed by atoms with E-state index in [0.29, 0.717) is 18.8 Å². The van der Waals surface area contributed by atoms with Crippen LogP contribution in [0.15, 0.2) is 23.0 Å². The zero-order valence-electron chi connectivity index (χ0n) is 18.0. The SMILES string of the molecule is CN(C)C[C@H]1[C@H]2C[C@H](CN(C(=O)c3n[nH]c4c3CN(C)CC4)C2)c2cccc(=O)n21. The Morgan fingerprint density at radius 1 is 1.30 bits per heavy atom. The van der Waals surface area contributed by atoms with Gasteiger partial charge in [0.25, 0.3) is 11.5 Å². The van der Waals surface area contributed by atoms with E-state index in [1.165, 1.54) is 0 Å². The zero-order chi connectivity index (χ0) is 21.0. The maximum atomic E-state index is 13.5. The fourth-order valence-electron chi connectivity index (χ4n) is 5.57. The number of nitrogens with one attached hydrogen (secondary N) is 1. The van der Waals surface area contributed by atoms with E-state index in [1.807, 2.05) is 29.6 Å². The molecule has 2 aromatic rings. The first-order valence-corrected chi connectivity index (χ1v) is 10.8. The number of hydrogen-bond acceptors (Lipinski definition) is 5. The van der Waals surface area contributed by atoms with Gasteiger partial charge in [-0.25, -0.2) is 0 Å². The third-order valence-corrected chi connectivity index (χ3v) is 6.96. The van der Waals surface area contributed by atoms with Crippen molar-refractivity contribution < 1.29 is 4.79 Å². The molecule has 3 atom stereocenters. The highest BCUT2D eigenvalue weighted by Gasteiger charge is 2.42.